The molecule has 3 nitrogen and oxygen atoms in total. The maximum absolute atomic E-state index is 11.2. The molecule has 0 bridgehead atoms. The Morgan fingerprint density at radius 1 is 1.50 bits per heavy atom. The van der Waals surface area contributed by atoms with Crippen molar-refractivity contribution in [2.45, 2.75) is 25.7 Å². The average Bonchev–Trinajstić information content (AvgIpc) is 2.26. The molecule has 0 aliphatic heterocycles. The molecule has 1 aliphatic carbocycles. The van der Waals surface area contributed by atoms with Gasteiger partial charge in [0.15, 0.2) is 0 Å². The van der Waals surface area contributed by atoms with Crippen LogP contribution in [0, 0.1) is 11.8 Å². The maximum atomic E-state index is 11.2. The Bertz CT molecular complexity index is 182. The van der Waals surface area contributed by atoms with Gasteiger partial charge < -0.3 is 4.18 Å². The molecule has 0 saturated heterocycles. The van der Waals surface area contributed by atoms with E-state index in [1.54, 1.807) is 11.9 Å². The molecule has 0 spiro atoms. The van der Waals surface area contributed by atoms with Gasteiger partial charge in [-0.1, -0.05) is 11.9 Å². The summed E-state index contributed by atoms with van der Waals surface area (Å²) in [5.41, 5.74) is 0. The van der Waals surface area contributed by atoms with E-state index in [0.717, 1.165) is 32.2 Å². The summed E-state index contributed by atoms with van der Waals surface area (Å²) in [7, 11) is 0. The van der Waals surface area contributed by atoms with Crippen molar-refractivity contribution in [1.82, 2.24) is 4.72 Å². The van der Waals surface area contributed by atoms with Crippen LogP contribution in [0.3, 0.4) is 0 Å². The van der Waals surface area contributed by atoms with Crippen LogP contribution in [0.1, 0.15) is 25.7 Å². The first kappa shape index (κ1) is 12.2. The van der Waals surface area contributed by atoms with Crippen LogP contribution >= 0.6 is 24.9 Å². The third kappa shape index (κ3) is 3.71. The molecular formula is C9H17NO2S2. The minimum absolute atomic E-state index is 0.0815. The fourth-order valence-corrected chi connectivity index (χ4v) is 2.43. The molecule has 0 aromatic rings. The lowest BCUT2D eigenvalue weighted by Crippen LogP contribution is -2.26. The van der Waals surface area contributed by atoms with E-state index in [9.17, 15) is 4.79 Å². The molecule has 0 amide bonds. The van der Waals surface area contributed by atoms with Crippen molar-refractivity contribution in [3.05, 3.63) is 0 Å². The topological polar surface area (TPSA) is 38.3 Å². The van der Waals surface area contributed by atoms with E-state index < -0.39 is 0 Å². The number of hydrogen-bond donors (Lipinski definition) is 2. The molecular weight excluding hydrogens is 218 g/mol. The molecule has 0 aromatic heterocycles. The highest BCUT2D eigenvalue weighted by atomic mass is 32.2. The van der Waals surface area contributed by atoms with Gasteiger partial charge >= 0.3 is 5.97 Å². The predicted molar refractivity (Wildman–Crippen MR) is 62.0 cm³/mol. The monoisotopic (exact) mass is 235 g/mol. The van der Waals surface area contributed by atoms with Crippen LogP contribution in [-0.2, 0) is 8.98 Å². The molecule has 1 aliphatic rings. The maximum Gasteiger partial charge on any atom is 0.320 e. The Morgan fingerprint density at radius 2 is 2.14 bits per heavy atom. The first-order valence-corrected chi connectivity index (χ1v) is 6.48. The van der Waals surface area contributed by atoms with Gasteiger partial charge in [-0.3, -0.25) is 9.52 Å². The van der Waals surface area contributed by atoms with Crippen molar-refractivity contribution in [3.63, 3.8) is 0 Å². The molecule has 1 rings (SSSR count). The summed E-state index contributed by atoms with van der Waals surface area (Å²) in [6, 6.07) is 0. The average molecular weight is 235 g/mol. The zero-order valence-electron chi connectivity index (χ0n) is 8.36. The summed E-state index contributed by atoms with van der Waals surface area (Å²) in [5.74, 6) is 0.633. The fourth-order valence-electron chi connectivity index (χ4n) is 1.88. The number of carbonyl (C=O) groups is 1. The van der Waals surface area contributed by atoms with Gasteiger partial charge in [0.05, 0.1) is 5.92 Å². The molecule has 0 heterocycles. The van der Waals surface area contributed by atoms with Crippen molar-refractivity contribution in [2.75, 3.05) is 12.8 Å². The molecule has 0 unspecified atom stereocenters. The van der Waals surface area contributed by atoms with Crippen LogP contribution < -0.4 is 4.72 Å². The van der Waals surface area contributed by atoms with E-state index in [1.807, 2.05) is 6.26 Å². The summed E-state index contributed by atoms with van der Waals surface area (Å²) in [6.07, 6.45) is 6.15. The Balaban J connectivity index is 2.20. The van der Waals surface area contributed by atoms with Crippen LogP contribution in [0.4, 0.5) is 0 Å². The molecule has 1 saturated carbocycles. The van der Waals surface area contributed by atoms with E-state index in [-0.39, 0.29) is 11.9 Å². The molecule has 82 valence electrons. The third-order valence-electron chi connectivity index (χ3n) is 2.79. The number of hydrogen-bond acceptors (Lipinski definition) is 5. The second kappa shape index (κ2) is 6.58. The summed E-state index contributed by atoms with van der Waals surface area (Å²) in [5, 5.41) is 0. The van der Waals surface area contributed by atoms with Crippen molar-refractivity contribution >= 4 is 30.8 Å². The van der Waals surface area contributed by atoms with Crippen LogP contribution in [-0.4, -0.2) is 18.8 Å². The van der Waals surface area contributed by atoms with Crippen molar-refractivity contribution in [3.8, 4) is 0 Å². The Morgan fingerprint density at radius 3 is 2.64 bits per heavy atom. The van der Waals surface area contributed by atoms with E-state index >= 15 is 0 Å². The molecule has 0 aromatic carbocycles. The van der Waals surface area contributed by atoms with Crippen molar-refractivity contribution in [1.29, 1.82) is 0 Å². The first-order valence-electron chi connectivity index (χ1n) is 4.89. The van der Waals surface area contributed by atoms with E-state index in [1.165, 1.54) is 0 Å². The normalized spacial score (nSPS) is 27.3. The van der Waals surface area contributed by atoms with E-state index in [0.29, 0.717) is 5.92 Å². The highest BCUT2D eigenvalue weighted by Crippen LogP contribution is 2.29. The summed E-state index contributed by atoms with van der Waals surface area (Å²) >= 11 is 5.19. The molecule has 0 atom stereocenters. The van der Waals surface area contributed by atoms with E-state index in [2.05, 4.69) is 21.8 Å². The zero-order valence-corrected chi connectivity index (χ0v) is 10.1. The minimum atomic E-state index is -0.162. The second-order valence-corrected chi connectivity index (χ2v) is 4.56. The smallest absolute Gasteiger partial charge is 0.320 e. The molecule has 1 N–H and O–H groups in total. The van der Waals surface area contributed by atoms with Gasteiger partial charge in [0.2, 0.25) is 0 Å². The SMILES string of the molecule is CSNCC1CCC(C(=O)OS)CC1. The number of thiol groups is 1. The van der Waals surface area contributed by atoms with Gasteiger partial charge in [-0.25, -0.2) is 0 Å². The first-order chi connectivity index (χ1) is 6.77. The highest BCUT2D eigenvalue weighted by molar-refractivity contribution is 7.96. The molecule has 5 heteroatoms. The van der Waals surface area contributed by atoms with Crippen LogP contribution in [0.5, 0.6) is 0 Å². The molecule has 1 fully saturated rings. The Hall–Kier alpha value is 0.130. The van der Waals surface area contributed by atoms with Gasteiger partial charge in [-0.05, 0) is 37.9 Å². The standard InChI is InChI=1S/C9H17NO2S2/c1-14-10-6-7-2-4-8(5-3-7)9(11)12-13/h7-8,10,13H,2-6H2,1H3. The van der Waals surface area contributed by atoms with Gasteiger partial charge in [0.25, 0.3) is 0 Å². The van der Waals surface area contributed by atoms with Gasteiger partial charge in [0, 0.05) is 19.5 Å². The minimum Gasteiger partial charge on any atom is -0.394 e. The number of rotatable bonds is 4. The largest absolute Gasteiger partial charge is 0.394 e. The lowest BCUT2D eigenvalue weighted by Gasteiger charge is -2.26. The van der Waals surface area contributed by atoms with E-state index in [4.69, 9.17) is 0 Å². The summed E-state index contributed by atoms with van der Waals surface area (Å²) < 4.78 is 7.70. The van der Waals surface area contributed by atoms with Gasteiger partial charge in [0.1, 0.15) is 0 Å². The molecule has 0 radical (unpaired) electrons. The number of carbonyl (C=O) groups excluding carboxylic acids is 1. The lowest BCUT2D eigenvalue weighted by molar-refractivity contribution is -0.138. The predicted octanol–water partition coefficient (Wildman–Crippen LogP) is 2.05. The third-order valence-corrected chi connectivity index (χ3v) is 3.42. The Kier molecular flexibility index (Phi) is 5.74. The molecule has 14 heavy (non-hydrogen) atoms. The lowest BCUT2D eigenvalue weighted by atomic mass is 9.82. The van der Waals surface area contributed by atoms with Gasteiger partial charge in [-0.2, -0.15) is 0 Å². The van der Waals surface area contributed by atoms with Crippen molar-refractivity contribution < 1.29 is 8.98 Å². The van der Waals surface area contributed by atoms with Crippen LogP contribution in [0.25, 0.3) is 0 Å². The number of nitrogens with one attached hydrogen (secondary N) is 1. The quantitative estimate of drug-likeness (QED) is 0.444. The fraction of sp³-hybridized carbons (Fsp3) is 0.889. The van der Waals surface area contributed by atoms with Gasteiger partial charge in [-0.15, -0.1) is 0 Å². The van der Waals surface area contributed by atoms with Crippen LogP contribution in [0.2, 0.25) is 0 Å². The highest BCUT2D eigenvalue weighted by Gasteiger charge is 2.26. The van der Waals surface area contributed by atoms with Crippen molar-refractivity contribution in [2.24, 2.45) is 11.8 Å². The second-order valence-electron chi connectivity index (χ2n) is 3.68. The Labute approximate surface area is 95.1 Å². The summed E-state index contributed by atoms with van der Waals surface area (Å²) in [4.78, 5) is 11.2. The van der Waals surface area contributed by atoms with Crippen LogP contribution in [0.15, 0.2) is 0 Å². The zero-order chi connectivity index (χ0) is 10.4. The summed E-state index contributed by atoms with van der Waals surface area (Å²) in [6.45, 7) is 1.05.